The Morgan fingerprint density at radius 2 is 2.00 bits per heavy atom. The average Bonchev–Trinajstić information content (AvgIpc) is 3.35. The Balaban J connectivity index is 1.50. The minimum Gasteiger partial charge on any atom is -0.496 e. The lowest BCUT2D eigenvalue weighted by Gasteiger charge is -2.42. The molecular formula is C28H32F4N4O3. The molecule has 1 atom stereocenters. The van der Waals surface area contributed by atoms with Crippen molar-refractivity contribution in [3.8, 4) is 5.75 Å². The Labute approximate surface area is 223 Å². The second kappa shape index (κ2) is 10.7. The van der Waals surface area contributed by atoms with Crippen LogP contribution in [0.3, 0.4) is 0 Å². The molecule has 1 aromatic heterocycles. The van der Waals surface area contributed by atoms with E-state index in [0.29, 0.717) is 26.2 Å². The van der Waals surface area contributed by atoms with Gasteiger partial charge in [0.05, 0.1) is 19.2 Å². The summed E-state index contributed by atoms with van der Waals surface area (Å²) in [5.74, 6) is -3.21. The van der Waals surface area contributed by atoms with Crippen molar-refractivity contribution in [2.24, 2.45) is 0 Å². The Morgan fingerprint density at radius 3 is 2.67 bits per heavy atom. The molecule has 0 amide bonds. The number of fused-ring (bicyclic) bond motifs is 1. The summed E-state index contributed by atoms with van der Waals surface area (Å²) in [5, 5.41) is 13.7. The Morgan fingerprint density at radius 1 is 1.23 bits per heavy atom. The number of hydrogen-bond acceptors (Lipinski definition) is 5. The van der Waals surface area contributed by atoms with Gasteiger partial charge >= 0.3 is 5.97 Å². The average molecular weight is 549 g/mol. The van der Waals surface area contributed by atoms with Crippen molar-refractivity contribution >= 4 is 22.6 Å². The summed E-state index contributed by atoms with van der Waals surface area (Å²) in [6.07, 6.45) is -1.35. The van der Waals surface area contributed by atoms with Crippen molar-refractivity contribution in [3.63, 3.8) is 0 Å². The van der Waals surface area contributed by atoms with E-state index in [1.807, 2.05) is 25.3 Å². The molecule has 1 aliphatic carbocycles. The minimum absolute atomic E-state index is 0.0185. The van der Waals surface area contributed by atoms with Crippen LogP contribution in [0.2, 0.25) is 0 Å². The number of nitrogens with zero attached hydrogens (tertiary/aromatic N) is 2. The van der Waals surface area contributed by atoms with E-state index in [0.717, 1.165) is 33.3 Å². The summed E-state index contributed by atoms with van der Waals surface area (Å²) < 4.78 is 59.3. The van der Waals surface area contributed by atoms with Crippen LogP contribution in [-0.2, 0) is 6.54 Å². The van der Waals surface area contributed by atoms with E-state index in [-0.39, 0.29) is 36.7 Å². The fourth-order valence-electron chi connectivity index (χ4n) is 5.79. The van der Waals surface area contributed by atoms with Crippen LogP contribution >= 0.6 is 0 Å². The second-order valence-electron chi connectivity index (χ2n) is 10.5. The van der Waals surface area contributed by atoms with Gasteiger partial charge in [-0.15, -0.1) is 0 Å². The van der Waals surface area contributed by atoms with Crippen LogP contribution in [-0.4, -0.2) is 77.5 Å². The number of halogens is 4. The van der Waals surface area contributed by atoms with Crippen molar-refractivity contribution in [1.29, 1.82) is 0 Å². The van der Waals surface area contributed by atoms with Gasteiger partial charge in [0.1, 0.15) is 5.75 Å². The van der Waals surface area contributed by atoms with E-state index in [1.165, 1.54) is 6.07 Å². The predicted molar refractivity (Wildman–Crippen MR) is 140 cm³/mol. The van der Waals surface area contributed by atoms with Gasteiger partial charge in [-0.3, -0.25) is 9.80 Å². The molecule has 1 unspecified atom stereocenters. The molecule has 0 radical (unpaired) electrons. The summed E-state index contributed by atoms with van der Waals surface area (Å²) in [6.45, 7) is 3.36. The van der Waals surface area contributed by atoms with Gasteiger partial charge in [0.15, 0.2) is 0 Å². The van der Waals surface area contributed by atoms with Crippen molar-refractivity contribution in [1.82, 2.24) is 14.8 Å². The summed E-state index contributed by atoms with van der Waals surface area (Å²) in [7, 11) is 1.61. The number of hydrogen-bond donors (Lipinski definition) is 3. The molecule has 2 aliphatic rings. The fraction of sp³-hybridized carbons (Fsp3) is 0.464. The highest BCUT2D eigenvalue weighted by atomic mass is 19.3. The number of anilines is 1. The molecule has 210 valence electrons. The van der Waals surface area contributed by atoms with Gasteiger partial charge in [0, 0.05) is 79.5 Å². The normalized spacial score (nSPS) is 20.3. The molecule has 3 N–H and O–H groups in total. The number of aryl methyl sites for hydroxylation is 1. The van der Waals surface area contributed by atoms with Crippen molar-refractivity contribution in [3.05, 3.63) is 58.8 Å². The van der Waals surface area contributed by atoms with Crippen LogP contribution < -0.4 is 10.1 Å². The van der Waals surface area contributed by atoms with Crippen molar-refractivity contribution in [2.45, 2.75) is 50.7 Å². The number of nitrogens with one attached hydrogen (secondary N) is 2. The van der Waals surface area contributed by atoms with Gasteiger partial charge in [-0.25, -0.2) is 22.4 Å². The van der Waals surface area contributed by atoms with E-state index in [1.54, 1.807) is 24.1 Å². The van der Waals surface area contributed by atoms with Gasteiger partial charge in [-0.2, -0.15) is 0 Å². The summed E-state index contributed by atoms with van der Waals surface area (Å²) in [5.41, 5.74) is 3.96. The van der Waals surface area contributed by atoms with Gasteiger partial charge in [0.2, 0.25) is 0 Å². The number of rotatable bonds is 9. The van der Waals surface area contributed by atoms with E-state index < -0.39 is 24.4 Å². The molecule has 2 aromatic carbocycles. The van der Waals surface area contributed by atoms with E-state index in [9.17, 15) is 27.5 Å². The Bertz CT molecular complexity index is 1350. The molecule has 2 fully saturated rings. The molecule has 1 saturated heterocycles. The number of benzene rings is 2. The molecule has 7 nitrogen and oxygen atoms in total. The zero-order valence-electron chi connectivity index (χ0n) is 21.8. The smallest absolute Gasteiger partial charge is 0.337 e. The Kier molecular flexibility index (Phi) is 7.47. The molecule has 0 spiro atoms. The number of piperazine rings is 1. The van der Waals surface area contributed by atoms with Crippen molar-refractivity contribution < 1.29 is 32.2 Å². The highest BCUT2D eigenvalue weighted by molar-refractivity contribution is 5.94. The maximum atomic E-state index is 13.5. The maximum Gasteiger partial charge on any atom is 0.337 e. The third kappa shape index (κ3) is 5.69. The molecule has 2 heterocycles. The van der Waals surface area contributed by atoms with Crippen LogP contribution in [0.1, 0.15) is 45.9 Å². The second-order valence-corrected chi connectivity index (χ2v) is 10.5. The van der Waals surface area contributed by atoms with Gasteiger partial charge in [-0.05, 0) is 42.3 Å². The van der Waals surface area contributed by atoms with E-state index in [2.05, 4.69) is 15.2 Å². The number of H-pyrrole nitrogens is 1. The molecule has 39 heavy (non-hydrogen) atoms. The third-order valence-electron chi connectivity index (χ3n) is 7.77. The number of carboxylic acids is 1. The van der Waals surface area contributed by atoms with Gasteiger partial charge < -0.3 is 20.1 Å². The minimum atomic E-state index is -2.76. The first-order valence-corrected chi connectivity index (χ1v) is 12.9. The van der Waals surface area contributed by atoms with Crippen LogP contribution in [0.4, 0.5) is 23.2 Å². The topological polar surface area (TPSA) is 80.8 Å². The first-order valence-electron chi connectivity index (χ1n) is 12.9. The molecule has 1 saturated carbocycles. The van der Waals surface area contributed by atoms with Crippen LogP contribution in [0, 0.1) is 6.92 Å². The number of carboxylic acid groups (broad SMARTS) is 1. The highest BCUT2D eigenvalue weighted by Gasteiger charge is 2.45. The lowest BCUT2D eigenvalue weighted by molar-refractivity contribution is -0.0793. The predicted octanol–water partition coefficient (Wildman–Crippen LogP) is 5.52. The number of aromatic nitrogens is 1. The van der Waals surface area contributed by atoms with Gasteiger partial charge in [0.25, 0.3) is 12.3 Å². The lowest BCUT2D eigenvalue weighted by atomic mass is 9.87. The van der Waals surface area contributed by atoms with Crippen LogP contribution in [0.15, 0.2) is 36.5 Å². The summed E-state index contributed by atoms with van der Waals surface area (Å²) in [4.78, 5) is 19.0. The first-order chi connectivity index (χ1) is 18.5. The van der Waals surface area contributed by atoms with Crippen LogP contribution in [0.25, 0.3) is 10.9 Å². The highest BCUT2D eigenvalue weighted by Crippen LogP contribution is 2.40. The van der Waals surface area contributed by atoms with E-state index in [4.69, 9.17) is 4.74 Å². The zero-order valence-corrected chi connectivity index (χ0v) is 21.8. The number of aromatic amines is 1. The van der Waals surface area contributed by atoms with Crippen LogP contribution in [0.5, 0.6) is 5.75 Å². The number of ether oxygens (including phenoxy) is 1. The fourth-order valence-corrected chi connectivity index (χ4v) is 5.79. The molecule has 11 heteroatoms. The number of aromatic carboxylic acids is 1. The standard InChI is InChI=1S/C28H32F4N4O3/c1-16-9-24(39-2)21(19-5-6-33-26(16)19)13-36-8-7-35(15-25(29)30)14-23(36)17-3-4-20(27(37)38)22(10-17)34-18-11-28(31,32)12-18/h3-6,9-10,18,23,25,33-34H,7-8,11-15H2,1-2H3,(H,37,38). The lowest BCUT2D eigenvalue weighted by Crippen LogP contribution is -2.49. The maximum absolute atomic E-state index is 13.5. The molecule has 5 rings (SSSR count). The molecule has 3 aromatic rings. The number of alkyl halides is 4. The SMILES string of the molecule is COc1cc(C)c2[nH]ccc2c1CN1CCN(CC(F)F)CC1c1ccc(C(=O)O)c(NC2CC(F)(F)C2)c1. The molecular weight excluding hydrogens is 516 g/mol. The summed E-state index contributed by atoms with van der Waals surface area (Å²) >= 11 is 0. The largest absolute Gasteiger partial charge is 0.496 e. The number of methoxy groups -OCH3 is 1. The van der Waals surface area contributed by atoms with E-state index >= 15 is 0 Å². The van der Waals surface area contributed by atoms with Crippen molar-refractivity contribution in [2.75, 3.05) is 38.6 Å². The monoisotopic (exact) mass is 548 g/mol. The quantitative estimate of drug-likeness (QED) is 0.306. The Hall–Kier alpha value is -3.31. The number of carbonyl (C=O) groups is 1. The third-order valence-corrected chi connectivity index (χ3v) is 7.77. The summed E-state index contributed by atoms with van der Waals surface area (Å²) in [6, 6.07) is 7.88. The molecule has 0 bridgehead atoms. The molecule has 1 aliphatic heterocycles. The first kappa shape index (κ1) is 27.3. The van der Waals surface area contributed by atoms with Gasteiger partial charge in [-0.1, -0.05) is 6.07 Å². The zero-order chi connectivity index (χ0) is 27.9.